The molecule has 1 amide bonds. The lowest BCUT2D eigenvalue weighted by Gasteiger charge is -2.28. The third-order valence-corrected chi connectivity index (χ3v) is 4.51. The molecule has 1 aromatic heterocycles. The molecule has 1 saturated heterocycles. The average Bonchev–Trinajstić information content (AvgIpc) is 3.20. The van der Waals surface area contributed by atoms with Crippen molar-refractivity contribution in [2.45, 2.75) is 31.6 Å². The molecule has 19 heavy (non-hydrogen) atoms. The fraction of sp³-hybridized carbons (Fsp3) is 0.615. The highest BCUT2D eigenvalue weighted by Crippen LogP contribution is 2.41. The van der Waals surface area contributed by atoms with Crippen LogP contribution in [0.2, 0.25) is 0 Å². The van der Waals surface area contributed by atoms with E-state index in [2.05, 4.69) is 16.4 Å². The number of hydrogen-bond donors (Lipinski definition) is 1. The Bertz CT molecular complexity index is 524. The van der Waals surface area contributed by atoms with E-state index in [9.17, 15) is 10.1 Å². The van der Waals surface area contributed by atoms with Gasteiger partial charge in [-0.2, -0.15) is 5.26 Å². The Kier molecular flexibility index (Phi) is 3.25. The van der Waals surface area contributed by atoms with Gasteiger partial charge in [0.15, 0.2) is 5.13 Å². The summed E-state index contributed by atoms with van der Waals surface area (Å²) in [4.78, 5) is 16.7. The van der Waals surface area contributed by atoms with Crippen molar-refractivity contribution in [3.8, 4) is 6.07 Å². The van der Waals surface area contributed by atoms with E-state index in [0.717, 1.165) is 5.69 Å². The number of amides is 1. The van der Waals surface area contributed by atoms with Crippen molar-refractivity contribution in [1.82, 2.24) is 4.98 Å². The number of anilines is 1. The van der Waals surface area contributed by atoms with Gasteiger partial charge < -0.3 is 10.1 Å². The van der Waals surface area contributed by atoms with Crippen LogP contribution in [0.15, 0.2) is 5.38 Å². The van der Waals surface area contributed by atoms with Crippen LogP contribution in [0, 0.1) is 16.7 Å². The number of ether oxygens (including phenoxy) is 1. The zero-order valence-corrected chi connectivity index (χ0v) is 11.3. The first kappa shape index (κ1) is 12.6. The molecule has 1 aliphatic heterocycles. The lowest BCUT2D eigenvalue weighted by Crippen LogP contribution is -2.39. The Balaban J connectivity index is 1.70. The van der Waals surface area contributed by atoms with Crippen LogP contribution in [0.5, 0.6) is 0 Å². The minimum absolute atomic E-state index is 0.241. The highest BCUT2D eigenvalue weighted by molar-refractivity contribution is 7.13. The molecular weight excluding hydrogens is 262 g/mol. The number of hydrogen-bond acceptors (Lipinski definition) is 5. The van der Waals surface area contributed by atoms with Crippen molar-refractivity contribution < 1.29 is 9.53 Å². The predicted molar refractivity (Wildman–Crippen MR) is 70.8 cm³/mol. The van der Waals surface area contributed by atoms with Crippen LogP contribution >= 0.6 is 11.3 Å². The zero-order chi connectivity index (χ0) is 13.3. The van der Waals surface area contributed by atoms with Crippen molar-refractivity contribution >= 4 is 22.4 Å². The predicted octanol–water partition coefficient (Wildman–Crippen LogP) is 2.28. The third kappa shape index (κ3) is 2.48. The molecular formula is C13H15N3O2S. The Labute approximate surface area is 115 Å². The van der Waals surface area contributed by atoms with Crippen LogP contribution < -0.4 is 5.32 Å². The molecule has 2 heterocycles. The van der Waals surface area contributed by atoms with Gasteiger partial charge in [-0.05, 0) is 25.7 Å². The molecule has 0 spiro atoms. The number of nitrogens with one attached hydrogen (secondary N) is 1. The van der Waals surface area contributed by atoms with E-state index in [1.54, 1.807) is 0 Å². The van der Waals surface area contributed by atoms with Crippen LogP contribution in [0.25, 0.3) is 0 Å². The molecule has 0 atom stereocenters. The molecule has 1 aromatic rings. The molecule has 0 bridgehead atoms. The van der Waals surface area contributed by atoms with Crippen molar-refractivity contribution in [2.75, 3.05) is 18.5 Å². The summed E-state index contributed by atoms with van der Waals surface area (Å²) in [6.45, 7) is 0.929. The van der Waals surface area contributed by atoms with Gasteiger partial charge in [-0.25, -0.2) is 4.98 Å². The molecule has 100 valence electrons. The lowest BCUT2D eigenvalue weighted by atomic mass is 9.81. The molecule has 1 saturated carbocycles. The van der Waals surface area contributed by atoms with Crippen molar-refractivity contribution in [3.05, 3.63) is 11.1 Å². The first-order chi connectivity index (χ1) is 9.23. The van der Waals surface area contributed by atoms with Crippen molar-refractivity contribution in [1.29, 1.82) is 5.26 Å². The number of nitrogens with zero attached hydrogens (tertiary/aromatic N) is 2. The Morgan fingerprint density at radius 2 is 2.26 bits per heavy atom. The van der Waals surface area contributed by atoms with Gasteiger partial charge in [0.1, 0.15) is 5.41 Å². The number of thiazole rings is 1. The normalized spacial score (nSPS) is 21.6. The van der Waals surface area contributed by atoms with Crippen LogP contribution in [0.3, 0.4) is 0 Å². The van der Waals surface area contributed by atoms with Crippen LogP contribution in [-0.2, 0) is 9.53 Å². The number of rotatable bonds is 3. The second-order valence-corrected chi connectivity index (χ2v) is 5.97. The highest BCUT2D eigenvalue weighted by Gasteiger charge is 2.41. The largest absolute Gasteiger partial charge is 0.381 e. The maximum atomic E-state index is 12.3. The first-order valence-corrected chi connectivity index (χ1v) is 7.37. The number of carbonyl (C=O) groups is 1. The molecule has 0 aromatic carbocycles. The summed E-state index contributed by atoms with van der Waals surface area (Å²) in [6, 6.07) is 2.16. The number of carbonyl (C=O) groups excluding carboxylic acids is 1. The monoisotopic (exact) mass is 277 g/mol. The van der Waals surface area contributed by atoms with E-state index >= 15 is 0 Å². The molecule has 1 aliphatic carbocycles. The summed E-state index contributed by atoms with van der Waals surface area (Å²) < 4.78 is 5.23. The van der Waals surface area contributed by atoms with Crippen LogP contribution in [0.4, 0.5) is 5.13 Å². The minimum Gasteiger partial charge on any atom is -0.381 e. The van der Waals surface area contributed by atoms with E-state index in [1.165, 1.54) is 24.2 Å². The summed E-state index contributed by atoms with van der Waals surface area (Å²) in [6.07, 6.45) is 3.29. The van der Waals surface area contributed by atoms with E-state index in [1.807, 2.05) is 5.38 Å². The summed E-state index contributed by atoms with van der Waals surface area (Å²) in [7, 11) is 0. The van der Waals surface area contributed by atoms with Gasteiger partial charge in [0, 0.05) is 24.5 Å². The summed E-state index contributed by atoms with van der Waals surface area (Å²) in [5.41, 5.74) is 0.113. The van der Waals surface area contributed by atoms with E-state index in [4.69, 9.17) is 4.74 Å². The van der Waals surface area contributed by atoms with Gasteiger partial charge in [-0.3, -0.25) is 4.79 Å². The first-order valence-electron chi connectivity index (χ1n) is 6.49. The molecule has 5 nitrogen and oxygen atoms in total. The summed E-state index contributed by atoms with van der Waals surface area (Å²) in [5, 5.41) is 14.7. The molecule has 0 unspecified atom stereocenters. The Morgan fingerprint density at radius 3 is 2.89 bits per heavy atom. The van der Waals surface area contributed by atoms with Crippen molar-refractivity contribution in [3.63, 3.8) is 0 Å². The standard InChI is InChI=1S/C13H15N3O2S/c14-8-13(3-5-18-6-4-13)11(17)16-12-15-10(7-19-12)9-1-2-9/h7,9H,1-6H2,(H,15,16,17). The molecule has 1 N–H and O–H groups in total. The van der Waals surface area contributed by atoms with Gasteiger partial charge >= 0.3 is 0 Å². The topological polar surface area (TPSA) is 75.0 Å². The van der Waals surface area contributed by atoms with E-state index in [0.29, 0.717) is 37.1 Å². The molecule has 3 rings (SSSR count). The van der Waals surface area contributed by atoms with E-state index in [-0.39, 0.29) is 5.91 Å². The fourth-order valence-electron chi connectivity index (χ4n) is 2.24. The van der Waals surface area contributed by atoms with Crippen LogP contribution in [-0.4, -0.2) is 24.1 Å². The molecule has 2 aliphatic rings. The van der Waals surface area contributed by atoms with Gasteiger partial charge in [0.25, 0.3) is 0 Å². The maximum absolute atomic E-state index is 12.3. The second-order valence-electron chi connectivity index (χ2n) is 5.11. The minimum atomic E-state index is -0.955. The van der Waals surface area contributed by atoms with Crippen molar-refractivity contribution in [2.24, 2.45) is 5.41 Å². The van der Waals surface area contributed by atoms with Crippen LogP contribution in [0.1, 0.15) is 37.3 Å². The van der Waals surface area contributed by atoms with Gasteiger partial charge in [0.2, 0.25) is 5.91 Å². The third-order valence-electron chi connectivity index (χ3n) is 3.73. The highest BCUT2D eigenvalue weighted by atomic mass is 32.1. The maximum Gasteiger partial charge on any atom is 0.246 e. The fourth-order valence-corrected chi connectivity index (χ4v) is 3.02. The second kappa shape index (κ2) is 4.91. The summed E-state index contributed by atoms with van der Waals surface area (Å²) in [5.74, 6) is 0.338. The Morgan fingerprint density at radius 1 is 1.53 bits per heavy atom. The lowest BCUT2D eigenvalue weighted by molar-refractivity contribution is -0.126. The van der Waals surface area contributed by atoms with Gasteiger partial charge in [0.05, 0.1) is 11.8 Å². The zero-order valence-electron chi connectivity index (χ0n) is 10.5. The van der Waals surface area contributed by atoms with Gasteiger partial charge in [-0.15, -0.1) is 11.3 Å². The van der Waals surface area contributed by atoms with Gasteiger partial charge in [-0.1, -0.05) is 0 Å². The quantitative estimate of drug-likeness (QED) is 0.919. The van der Waals surface area contributed by atoms with E-state index < -0.39 is 5.41 Å². The SMILES string of the molecule is N#CC1(C(=O)Nc2nc(C3CC3)cs2)CCOCC1. The molecule has 6 heteroatoms. The molecule has 2 fully saturated rings. The molecule has 0 radical (unpaired) electrons. The number of nitriles is 1. The average molecular weight is 277 g/mol. The Hall–Kier alpha value is -1.45. The summed E-state index contributed by atoms with van der Waals surface area (Å²) >= 11 is 1.44. The smallest absolute Gasteiger partial charge is 0.246 e. The number of aromatic nitrogens is 1.